The zero-order valence-corrected chi connectivity index (χ0v) is 13.0. The Bertz CT molecular complexity index is 396. The Hall–Kier alpha value is -0.550. The van der Waals surface area contributed by atoms with Crippen LogP contribution < -0.4 is 4.74 Å². The van der Waals surface area contributed by atoms with E-state index in [9.17, 15) is 4.79 Å². The Morgan fingerprint density at radius 3 is 2.76 bits per heavy atom. The summed E-state index contributed by atoms with van der Waals surface area (Å²) in [5.74, 6) is 0.683. The average molecular weight is 365 g/mol. The molecule has 0 radical (unpaired) electrons. The van der Waals surface area contributed by atoms with Crippen molar-refractivity contribution in [2.24, 2.45) is 0 Å². The molecule has 0 saturated carbocycles. The molecule has 0 saturated heterocycles. The van der Waals surface area contributed by atoms with Gasteiger partial charge in [0, 0.05) is 23.4 Å². The number of rotatable bonds is 5. The molecule has 0 atom stereocenters. The van der Waals surface area contributed by atoms with Crippen molar-refractivity contribution in [2.75, 3.05) is 26.0 Å². The van der Waals surface area contributed by atoms with E-state index in [2.05, 4.69) is 31.9 Å². The van der Waals surface area contributed by atoms with Crippen LogP contribution in [-0.2, 0) is 0 Å². The lowest BCUT2D eigenvalue weighted by Crippen LogP contribution is -2.28. The van der Waals surface area contributed by atoms with Gasteiger partial charge in [-0.3, -0.25) is 4.79 Å². The van der Waals surface area contributed by atoms with E-state index < -0.39 is 0 Å². The van der Waals surface area contributed by atoms with Crippen molar-refractivity contribution in [1.82, 2.24) is 4.90 Å². The molecule has 1 rings (SSSR count). The lowest BCUT2D eigenvalue weighted by molar-refractivity contribution is 0.0794. The molecule has 0 aliphatic rings. The van der Waals surface area contributed by atoms with Crippen molar-refractivity contribution in [1.29, 1.82) is 0 Å². The average Bonchev–Trinajstić information content (AvgIpc) is 2.35. The monoisotopic (exact) mass is 363 g/mol. The van der Waals surface area contributed by atoms with E-state index in [0.717, 1.165) is 22.8 Å². The summed E-state index contributed by atoms with van der Waals surface area (Å²) in [5, 5.41) is 0.893. The topological polar surface area (TPSA) is 29.5 Å². The highest BCUT2D eigenvalue weighted by molar-refractivity contribution is 9.10. The zero-order chi connectivity index (χ0) is 12.8. The number of nitrogens with zero attached hydrogens (tertiary/aromatic N) is 1. The molecular weight excluding hydrogens is 350 g/mol. The van der Waals surface area contributed by atoms with Crippen LogP contribution in [0.15, 0.2) is 22.7 Å². The summed E-state index contributed by atoms with van der Waals surface area (Å²) in [6, 6.07) is 5.39. The molecule has 5 heteroatoms. The smallest absolute Gasteiger partial charge is 0.254 e. The highest BCUT2D eigenvalue weighted by Crippen LogP contribution is 2.23. The van der Waals surface area contributed by atoms with E-state index in [-0.39, 0.29) is 5.91 Å². The maximum absolute atomic E-state index is 12.2. The van der Waals surface area contributed by atoms with Crippen LogP contribution in [0.5, 0.6) is 5.75 Å². The Morgan fingerprint density at radius 1 is 1.47 bits per heavy atom. The van der Waals surface area contributed by atoms with Crippen molar-refractivity contribution < 1.29 is 9.53 Å². The SMILES string of the molecule is COc1ccc(Br)c(C(=O)N(C)CCCBr)c1. The molecule has 1 amide bonds. The van der Waals surface area contributed by atoms with Crippen LogP contribution in [0, 0.1) is 0 Å². The molecule has 0 fully saturated rings. The second-order valence-corrected chi connectivity index (χ2v) is 5.26. The van der Waals surface area contributed by atoms with E-state index in [1.54, 1.807) is 25.1 Å². The van der Waals surface area contributed by atoms with Crippen LogP contribution in [0.1, 0.15) is 16.8 Å². The third kappa shape index (κ3) is 4.00. The van der Waals surface area contributed by atoms with E-state index in [1.165, 1.54) is 0 Å². The lowest BCUT2D eigenvalue weighted by atomic mass is 10.2. The van der Waals surface area contributed by atoms with Gasteiger partial charge in [0.15, 0.2) is 0 Å². The number of methoxy groups -OCH3 is 1. The molecule has 0 aromatic heterocycles. The van der Waals surface area contributed by atoms with Crippen LogP contribution in [0.4, 0.5) is 0 Å². The van der Waals surface area contributed by atoms with Gasteiger partial charge in [0.1, 0.15) is 5.75 Å². The second-order valence-electron chi connectivity index (χ2n) is 3.62. The van der Waals surface area contributed by atoms with Gasteiger partial charge in [-0.25, -0.2) is 0 Å². The standard InChI is InChI=1S/C12H15Br2NO2/c1-15(7-3-6-13)12(16)10-8-9(17-2)4-5-11(10)14/h4-5,8H,3,6-7H2,1-2H3. The van der Waals surface area contributed by atoms with Gasteiger partial charge in [-0.1, -0.05) is 15.9 Å². The van der Waals surface area contributed by atoms with Crippen molar-refractivity contribution in [3.63, 3.8) is 0 Å². The van der Waals surface area contributed by atoms with Crippen LogP contribution >= 0.6 is 31.9 Å². The first-order valence-electron chi connectivity index (χ1n) is 5.25. The maximum atomic E-state index is 12.2. The van der Waals surface area contributed by atoms with Gasteiger partial charge in [-0.15, -0.1) is 0 Å². The third-order valence-corrected chi connectivity index (χ3v) is 3.63. The molecule has 0 unspecified atom stereocenters. The van der Waals surface area contributed by atoms with Crippen molar-refractivity contribution in [3.8, 4) is 5.75 Å². The normalized spacial score (nSPS) is 10.1. The number of hydrogen-bond acceptors (Lipinski definition) is 2. The minimum atomic E-state index is -0.00303. The Morgan fingerprint density at radius 2 is 2.18 bits per heavy atom. The van der Waals surface area contributed by atoms with Crippen molar-refractivity contribution in [3.05, 3.63) is 28.2 Å². The molecule has 1 aromatic rings. The molecule has 0 aliphatic heterocycles. The van der Waals surface area contributed by atoms with Gasteiger partial charge >= 0.3 is 0 Å². The minimum Gasteiger partial charge on any atom is -0.497 e. The predicted octanol–water partition coefficient (Wildman–Crippen LogP) is 3.31. The quantitative estimate of drug-likeness (QED) is 0.750. The Labute approximate surface area is 118 Å². The molecule has 0 aliphatic carbocycles. The molecule has 1 aromatic carbocycles. The van der Waals surface area contributed by atoms with Crippen LogP contribution in [0.25, 0.3) is 0 Å². The first-order chi connectivity index (χ1) is 8.10. The maximum Gasteiger partial charge on any atom is 0.254 e. The fraction of sp³-hybridized carbons (Fsp3) is 0.417. The summed E-state index contributed by atoms with van der Waals surface area (Å²) >= 11 is 6.74. The lowest BCUT2D eigenvalue weighted by Gasteiger charge is -2.17. The molecule has 3 nitrogen and oxygen atoms in total. The molecule has 94 valence electrons. The first-order valence-corrected chi connectivity index (χ1v) is 7.16. The molecule has 17 heavy (non-hydrogen) atoms. The van der Waals surface area contributed by atoms with Gasteiger partial charge in [0.05, 0.1) is 12.7 Å². The van der Waals surface area contributed by atoms with Crippen molar-refractivity contribution in [2.45, 2.75) is 6.42 Å². The second kappa shape index (κ2) is 7.01. The summed E-state index contributed by atoms with van der Waals surface area (Å²) in [6.07, 6.45) is 0.934. The van der Waals surface area contributed by atoms with E-state index >= 15 is 0 Å². The van der Waals surface area contributed by atoms with Gasteiger partial charge in [-0.05, 0) is 40.5 Å². The number of alkyl halides is 1. The Kier molecular flexibility index (Phi) is 5.98. The highest BCUT2D eigenvalue weighted by Gasteiger charge is 2.15. The molecule has 0 N–H and O–H groups in total. The fourth-order valence-corrected chi connectivity index (χ4v) is 2.07. The summed E-state index contributed by atoms with van der Waals surface area (Å²) in [5.41, 5.74) is 0.626. The summed E-state index contributed by atoms with van der Waals surface area (Å²) in [6.45, 7) is 0.730. The predicted molar refractivity (Wildman–Crippen MR) is 76.1 cm³/mol. The van der Waals surface area contributed by atoms with Gasteiger partial charge < -0.3 is 9.64 Å². The number of hydrogen-bond donors (Lipinski definition) is 0. The van der Waals surface area contributed by atoms with Gasteiger partial charge in [0.25, 0.3) is 5.91 Å². The number of benzene rings is 1. The molecule has 0 spiro atoms. The number of halogens is 2. The van der Waals surface area contributed by atoms with E-state index in [1.807, 2.05) is 12.1 Å². The molecule has 0 bridgehead atoms. The third-order valence-electron chi connectivity index (χ3n) is 2.38. The number of ether oxygens (including phenoxy) is 1. The zero-order valence-electron chi connectivity index (χ0n) is 9.87. The minimum absolute atomic E-state index is 0.00303. The van der Waals surface area contributed by atoms with Crippen LogP contribution in [0.2, 0.25) is 0 Å². The van der Waals surface area contributed by atoms with E-state index in [0.29, 0.717) is 11.3 Å². The van der Waals surface area contributed by atoms with Gasteiger partial charge in [0.2, 0.25) is 0 Å². The number of carbonyl (C=O) groups is 1. The Balaban J connectivity index is 2.87. The number of amides is 1. The van der Waals surface area contributed by atoms with Gasteiger partial charge in [-0.2, -0.15) is 0 Å². The molecule has 0 heterocycles. The van der Waals surface area contributed by atoms with Crippen molar-refractivity contribution >= 4 is 37.8 Å². The number of carbonyl (C=O) groups excluding carboxylic acids is 1. The summed E-state index contributed by atoms with van der Waals surface area (Å²) in [4.78, 5) is 13.9. The highest BCUT2D eigenvalue weighted by atomic mass is 79.9. The van der Waals surface area contributed by atoms with E-state index in [4.69, 9.17) is 4.74 Å². The molecular formula is C12H15Br2NO2. The summed E-state index contributed by atoms with van der Waals surface area (Å²) < 4.78 is 5.91. The van der Waals surface area contributed by atoms with Crippen LogP contribution in [-0.4, -0.2) is 36.8 Å². The first kappa shape index (κ1) is 14.5. The summed E-state index contributed by atoms with van der Waals surface area (Å²) in [7, 11) is 3.39. The van der Waals surface area contributed by atoms with Crippen LogP contribution in [0.3, 0.4) is 0 Å². The largest absolute Gasteiger partial charge is 0.497 e. The fourth-order valence-electron chi connectivity index (χ4n) is 1.40.